The second-order valence-corrected chi connectivity index (χ2v) is 5.32. The zero-order chi connectivity index (χ0) is 15.3. The van der Waals surface area contributed by atoms with Crippen molar-refractivity contribution in [3.8, 4) is 0 Å². The summed E-state index contributed by atoms with van der Waals surface area (Å²) in [5, 5.41) is 8.95. The van der Waals surface area contributed by atoms with Crippen LogP contribution in [-0.2, 0) is 9.53 Å². The molecular weight excluding hydrogens is 275 g/mol. The van der Waals surface area contributed by atoms with Gasteiger partial charge in [-0.15, -0.1) is 0 Å². The van der Waals surface area contributed by atoms with Crippen molar-refractivity contribution < 1.29 is 36.6 Å². The number of carbonyl (C=O) groups is 1. The van der Waals surface area contributed by atoms with Crippen LogP contribution in [0.3, 0.4) is 0 Å². The minimum absolute atomic E-state index is 0.285. The molecule has 0 radical (unpaired) electrons. The topological polar surface area (TPSA) is 46.5 Å². The number of esters is 1. The van der Waals surface area contributed by atoms with Gasteiger partial charge in [0.05, 0.1) is 5.41 Å². The highest BCUT2D eigenvalue weighted by Crippen LogP contribution is 2.56. The smallest absolute Gasteiger partial charge is 0.423 e. The molecule has 2 atom stereocenters. The third-order valence-electron chi connectivity index (χ3n) is 3.59. The van der Waals surface area contributed by atoms with Gasteiger partial charge in [0.1, 0.15) is 0 Å². The average molecular weight is 290 g/mol. The van der Waals surface area contributed by atoms with Gasteiger partial charge in [-0.2, -0.15) is 22.0 Å². The average Bonchev–Trinajstić information content (AvgIpc) is 2.26. The molecular formula is C11H15F5O3. The lowest BCUT2D eigenvalue weighted by atomic mass is 9.72. The van der Waals surface area contributed by atoms with E-state index in [1.807, 2.05) is 0 Å². The van der Waals surface area contributed by atoms with E-state index in [4.69, 9.17) is 5.11 Å². The summed E-state index contributed by atoms with van der Waals surface area (Å²) in [4.78, 5) is 11.5. The Morgan fingerprint density at radius 1 is 1.37 bits per heavy atom. The highest BCUT2D eigenvalue weighted by molar-refractivity contribution is 5.76. The van der Waals surface area contributed by atoms with Crippen LogP contribution in [0.4, 0.5) is 22.0 Å². The Bertz CT molecular complexity index is 377. The maximum absolute atomic E-state index is 13.4. The minimum Gasteiger partial charge on any atom is -0.455 e. The number of ether oxygens (including phenoxy) is 1. The zero-order valence-corrected chi connectivity index (χ0v) is 10.6. The van der Waals surface area contributed by atoms with Crippen molar-refractivity contribution in [2.45, 2.75) is 57.4 Å². The van der Waals surface area contributed by atoms with Gasteiger partial charge < -0.3 is 9.84 Å². The molecule has 0 heterocycles. The molecule has 1 aliphatic carbocycles. The lowest BCUT2D eigenvalue weighted by Gasteiger charge is -2.50. The molecule has 1 rings (SSSR count). The molecule has 19 heavy (non-hydrogen) atoms. The SMILES string of the molecule is CCC(C)(C)C(=O)OC1CC(O)(C(F)(F)F)C1(F)F. The summed E-state index contributed by atoms with van der Waals surface area (Å²) in [5.41, 5.74) is -5.19. The predicted molar refractivity (Wildman–Crippen MR) is 54.5 cm³/mol. The summed E-state index contributed by atoms with van der Waals surface area (Å²) in [5.74, 6) is -5.55. The lowest BCUT2D eigenvalue weighted by molar-refractivity contribution is -0.404. The highest BCUT2D eigenvalue weighted by atomic mass is 19.4. The molecule has 0 aromatic carbocycles. The Kier molecular flexibility index (Phi) is 3.64. The molecule has 8 heteroatoms. The first-order chi connectivity index (χ1) is 8.29. The van der Waals surface area contributed by atoms with E-state index in [1.165, 1.54) is 13.8 Å². The maximum atomic E-state index is 13.4. The van der Waals surface area contributed by atoms with Crippen LogP contribution >= 0.6 is 0 Å². The van der Waals surface area contributed by atoms with E-state index >= 15 is 0 Å². The third kappa shape index (κ3) is 2.30. The fourth-order valence-electron chi connectivity index (χ4n) is 1.52. The monoisotopic (exact) mass is 290 g/mol. The van der Waals surface area contributed by atoms with E-state index in [2.05, 4.69) is 4.74 Å². The van der Waals surface area contributed by atoms with Crippen LogP contribution in [0.25, 0.3) is 0 Å². The number of aliphatic hydroxyl groups is 1. The standard InChI is InChI=1S/C11H15F5O3/c1-4-8(2,3)7(17)19-6-5-9(18,10(6,12)13)11(14,15)16/h6,18H,4-5H2,1-3H3. The fourth-order valence-corrected chi connectivity index (χ4v) is 1.52. The summed E-state index contributed by atoms with van der Waals surface area (Å²) in [6, 6.07) is 0. The molecule has 1 saturated carbocycles. The number of halogens is 5. The van der Waals surface area contributed by atoms with Crippen LogP contribution in [-0.4, -0.2) is 34.9 Å². The van der Waals surface area contributed by atoms with Crippen LogP contribution < -0.4 is 0 Å². The molecule has 2 unspecified atom stereocenters. The van der Waals surface area contributed by atoms with Gasteiger partial charge in [0, 0.05) is 6.42 Å². The largest absolute Gasteiger partial charge is 0.455 e. The number of rotatable bonds is 3. The maximum Gasteiger partial charge on any atom is 0.423 e. The van der Waals surface area contributed by atoms with E-state index in [0.717, 1.165) is 0 Å². The molecule has 3 nitrogen and oxygen atoms in total. The van der Waals surface area contributed by atoms with Crippen molar-refractivity contribution >= 4 is 5.97 Å². The van der Waals surface area contributed by atoms with Crippen molar-refractivity contribution in [3.05, 3.63) is 0 Å². The van der Waals surface area contributed by atoms with E-state index in [9.17, 15) is 26.7 Å². The normalized spacial score (nSPS) is 30.7. The third-order valence-corrected chi connectivity index (χ3v) is 3.59. The van der Waals surface area contributed by atoms with Crippen molar-refractivity contribution in [2.75, 3.05) is 0 Å². The Balaban J connectivity index is 2.80. The van der Waals surface area contributed by atoms with Crippen molar-refractivity contribution in [2.24, 2.45) is 5.41 Å². The Labute approximate surface area is 106 Å². The number of alkyl halides is 5. The molecule has 1 fully saturated rings. The molecule has 112 valence electrons. The minimum atomic E-state index is -5.47. The van der Waals surface area contributed by atoms with Gasteiger partial charge in [0.25, 0.3) is 0 Å². The first kappa shape index (κ1) is 16.1. The van der Waals surface area contributed by atoms with Gasteiger partial charge in [0.2, 0.25) is 5.60 Å². The highest BCUT2D eigenvalue weighted by Gasteiger charge is 2.81. The van der Waals surface area contributed by atoms with E-state index in [0.29, 0.717) is 0 Å². The molecule has 1 N–H and O–H groups in total. The van der Waals surface area contributed by atoms with Gasteiger partial charge >= 0.3 is 18.1 Å². The summed E-state index contributed by atoms with van der Waals surface area (Å²) in [7, 11) is 0. The fraction of sp³-hybridized carbons (Fsp3) is 0.909. The van der Waals surface area contributed by atoms with Crippen LogP contribution in [0.2, 0.25) is 0 Å². The first-order valence-corrected chi connectivity index (χ1v) is 5.67. The molecule has 0 aromatic heterocycles. The van der Waals surface area contributed by atoms with Gasteiger partial charge in [-0.3, -0.25) is 4.79 Å². The summed E-state index contributed by atoms with van der Waals surface area (Å²) in [6.07, 6.45) is -8.79. The van der Waals surface area contributed by atoms with Gasteiger partial charge in [-0.1, -0.05) is 6.92 Å². The molecule has 0 bridgehead atoms. The van der Waals surface area contributed by atoms with Crippen molar-refractivity contribution in [3.63, 3.8) is 0 Å². The van der Waals surface area contributed by atoms with E-state index in [1.54, 1.807) is 6.92 Å². The van der Waals surface area contributed by atoms with E-state index < -0.39 is 41.6 Å². The Morgan fingerprint density at radius 2 is 1.84 bits per heavy atom. The lowest BCUT2D eigenvalue weighted by Crippen LogP contribution is -2.74. The molecule has 0 aromatic rings. The number of carbonyl (C=O) groups excluding carboxylic acids is 1. The first-order valence-electron chi connectivity index (χ1n) is 5.67. The molecule has 0 aliphatic heterocycles. The van der Waals surface area contributed by atoms with Crippen LogP contribution in [0.15, 0.2) is 0 Å². The molecule has 0 amide bonds. The predicted octanol–water partition coefficient (Wildman–Crippen LogP) is 2.67. The van der Waals surface area contributed by atoms with E-state index in [-0.39, 0.29) is 6.42 Å². The van der Waals surface area contributed by atoms with Crippen LogP contribution in [0.1, 0.15) is 33.6 Å². The number of hydrogen-bond donors (Lipinski definition) is 1. The van der Waals surface area contributed by atoms with Crippen LogP contribution in [0, 0.1) is 5.41 Å². The second-order valence-electron chi connectivity index (χ2n) is 5.32. The quantitative estimate of drug-likeness (QED) is 0.642. The number of hydrogen-bond acceptors (Lipinski definition) is 3. The van der Waals surface area contributed by atoms with Gasteiger partial charge in [0.15, 0.2) is 6.10 Å². The molecule has 1 aliphatic rings. The Morgan fingerprint density at radius 3 is 2.16 bits per heavy atom. The van der Waals surface area contributed by atoms with Gasteiger partial charge in [-0.05, 0) is 20.3 Å². The Hall–Kier alpha value is -0.920. The van der Waals surface area contributed by atoms with Crippen molar-refractivity contribution in [1.29, 1.82) is 0 Å². The summed E-state index contributed by atoms with van der Waals surface area (Å²) >= 11 is 0. The zero-order valence-electron chi connectivity index (χ0n) is 10.6. The van der Waals surface area contributed by atoms with Gasteiger partial charge in [-0.25, -0.2) is 0 Å². The van der Waals surface area contributed by atoms with Crippen molar-refractivity contribution in [1.82, 2.24) is 0 Å². The second kappa shape index (κ2) is 4.29. The summed E-state index contributed by atoms with van der Waals surface area (Å²) < 4.78 is 68.1. The molecule has 0 spiro atoms. The van der Waals surface area contributed by atoms with Crippen LogP contribution in [0.5, 0.6) is 0 Å². The summed E-state index contributed by atoms with van der Waals surface area (Å²) in [6.45, 7) is 4.48. The molecule has 0 saturated heterocycles.